The van der Waals surface area contributed by atoms with Gasteiger partial charge in [-0.1, -0.05) is 41.4 Å². The number of hydrogen-bond donors (Lipinski definition) is 0. The molecular weight excluding hydrogens is 348 g/mol. The number of carbonyl (C=O) groups is 1. The second kappa shape index (κ2) is 6.81. The lowest BCUT2D eigenvalue weighted by atomic mass is 10.0. The Balaban J connectivity index is 1.70. The first-order valence-corrected chi connectivity index (χ1v) is 8.76. The summed E-state index contributed by atoms with van der Waals surface area (Å²) in [5.74, 6) is 0.545. The van der Waals surface area contributed by atoms with Gasteiger partial charge in [-0.05, 0) is 48.9 Å². The maximum atomic E-state index is 13.0. The van der Waals surface area contributed by atoms with Crippen molar-refractivity contribution >= 4 is 23.2 Å². The molecule has 4 rings (SSSR count). The van der Waals surface area contributed by atoms with E-state index in [1.807, 2.05) is 43.3 Å². The lowest BCUT2D eigenvalue weighted by Crippen LogP contribution is -2.26. The van der Waals surface area contributed by atoms with E-state index in [2.05, 4.69) is 5.10 Å². The van der Waals surface area contributed by atoms with Gasteiger partial charge in [0.2, 0.25) is 0 Å². The van der Waals surface area contributed by atoms with Crippen LogP contribution in [-0.4, -0.2) is 16.6 Å². The Morgan fingerprint density at radius 1 is 1.12 bits per heavy atom. The molecule has 1 unspecified atom stereocenters. The van der Waals surface area contributed by atoms with E-state index in [0.717, 1.165) is 17.0 Å². The normalized spacial score (nSPS) is 16.6. The summed E-state index contributed by atoms with van der Waals surface area (Å²) in [5, 5.41) is 6.73. The van der Waals surface area contributed by atoms with Gasteiger partial charge in [0.15, 0.2) is 0 Å². The number of hydrazone groups is 1. The molecule has 0 saturated carbocycles. The predicted molar refractivity (Wildman–Crippen MR) is 101 cm³/mol. The Bertz CT molecular complexity index is 945. The first-order chi connectivity index (χ1) is 12.6. The van der Waals surface area contributed by atoms with E-state index in [4.69, 9.17) is 16.0 Å². The summed E-state index contributed by atoms with van der Waals surface area (Å²) < 4.78 is 5.57. The number of nitrogens with zero attached hydrogens (tertiary/aromatic N) is 2. The van der Waals surface area contributed by atoms with Crippen molar-refractivity contribution in [1.29, 1.82) is 0 Å². The molecular formula is C21H17ClN2O2. The first kappa shape index (κ1) is 16.6. The lowest BCUT2D eigenvalue weighted by Gasteiger charge is -2.19. The molecule has 130 valence electrons. The molecule has 2 aromatic carbocycles. The van der Waals surface area contributed by atoms with E-state index in [1.54, 1.807) is 30.5 Å². The topological polar surface area (TPSA) is 45.8 Å². The molecule has 5 heteroatoms. The molecule has 1 aliphatic rings. The summed E-state index contributed by atoms with van der Waals surface area (Å²) in [6, 6.07) is 18.4. The zero-order valence-electron chi connectivity index (χ0n) is 14.2. The van der Waals surface area contributed by atoms with Crippen molar-refractivity contribution < 1.29 is 9.21 Å². The molecule has 1 amide bonds. The monoisotopic (exact) mass is 364 g/mol. The van der Waals surface area contributed by atoms with E-state index in [-0.39, 0.29) is 11.9 Å². The second-order valence-electron chi connectivity index (χ2n) is 6.30. The van der Waals surface area contributed by atoms with Crippen LogP contribution in [0.15, 0.2) is 76.4 Å². The predicted octanol–water partition coefficient (Wildman–Crippen LogP) is 5.23. The van der Waals surface area contributed by atoms with Crippen LogP contribution in [0, 0.1) is 6.92 Å². The van der Waals surface area contributed by atoms with Crippen LogP contribution in [0.3, 0.4) is 0 Å². The van der Waals surface area contributed by atoms with Gasteiger partial charge in [-0.25, -0.2) is 5.01 Å². The largest absolute Gasteiger partial charge is 0.467 e. The molecule has 1 aliphatic heterocycles. The third-order valence-electron chi connectivity index (χ3n) is 4.47. The van der Waals surface area contributed by atoms with Crippen LogP contribution in [0.1, 0.15) is 39.7 Å². The number of aryl methyl sites for hydroxylation is 1. The molecule has 2 heterocycles. The van der Waals surface area contributed by atoms with Crippen LogP contribution in [0.2, 0.25) is 5.02 Å². The summed E-state index contributed by atoms with van der Waals surface area (Å²) in [7, 11) is 0. The lowest BCUT2D eigenvalue weighted by molar-refractivity contribution is 0.0693. The van der Waals surface area contributed by atoms with Gasteiger partial charge >= 0.3 is 0 Å². The summed E-state index contributed by atoms with van der Waals surface area (Å²) in [6.07, 6.45) is 2.22. The Morgan fingerprint density at radius 2 is 1.85 bits per heavy atom. The molecule has 4 nitrogen and oxygen atoms in total. The smallest absolute Gasteiger partial charge is 0.274 e. The maximum absolute atomic E-state index is 13.0. The SMILES string of the molecule is Cc1ccc(C2=NN(C(=O)c3ccc(Cl)cc3)C(c3ccco3)C2)cc1. The van der Waals surface area contributed by atoms with Gasteiger partial charge in [-0.15, -0.1) is 0 Å². The average molecular weight is 365 g/mol. The summed E-state index contributed by atoms with van der Waals surface area (Å²) >= 11 is 5.93. The zero-order valence-corrected chi connectivity index (χ0v) is 15.0. The molecule has 0 spiro atoms. The van der Waals surface area contributed by atoms with Crippen LogP contribution in [0.25, 0.3) is 0 Å². The number of rotatable bonds is 3. The van der Waals surface area contributed by atoms with Crippen LogP contribution in [0.4, 0.5) is 0 Å². The van der Waals surface area contributed by atoms with Crippen molar-refractivity contribution in [3.63, 3.8) is 0 Å². The van der Waals surface area contributed by atoms with Crippen molar-refractivity contribution in [2.75, 3.05) is 0 Å². The first-order valence-electron chi connectivity index (χ1n) is 8.39. The van der Waals surface area contributed by atoms with Crippen molar-refractivity contribution in [2.45, 2.75) is 19.4 Å². The van der Waals surface area contributed by atoms with Crippen molar-refractivity contribution in [3.05, 3.63) is 94.4 Å². The Morgan fingerprint density at radius 3 is 2.50 bits per heavy atom. The second-order valence-corrected chi connectivity index (χ2v) is 6.74. The minimum Gasteiger partial charge on any atom is -0.467 e. The number of amides is 1. The Hall–Kier alpha value is -2.85. The fourth-order valence-corrected chi connectivity index (χ4v) is 3.17. The molecule has 1 atom stereocenters. The van der Waals surface area contributed by atoms with Gasteiger partial charge in [-0.3, -0.25) is 4.79 Å². The van der Waals surface area contributed by atoms with Crippen LogP contribution < -0.4 is 0 Å². The van der Waals surface area contributed by atoms with Gasteiger partial charge in [0.25, 0.3) is 5.91 Å². The summed E-state index contributed by atoms with van der Waals surface area (Å²) in [6.45, 7) is 2.04. The number of carbonyl (C=O) groups excluding carboxylic acids is 1. The molecule has 26 heavy (non-hydrogen) atoms. The van der Waals surface area contributed by atoms with Crippen LogP contribution in [-0.2, 0) is 0 Å². The highest BCUT2D eigenvalue weighted by Gasteiger charge is 2.35. The fraction of sp³-hybridized carbons (Fsp3) is 0.143. The standard InChI is InChI=1S/C21H17ClN2O2/c1-14-4-6-15(7-5-14)18-13-19(20-3-2-12-26-20)24(23-18)21(25)16-8-10-17(22)11-9-16/h2-12,19H,13H2,1H3. The third-order valence-corrected chi connectivity index (χ3v) is 4.72. The highest BCUT2D eigenvalue weighted by Crippen LogP contribution is 2.34. The van der Waals surface area contributed by atoms with E-state index < -0.39 is 0 Å². The molecule has 0 fully saturated rings. The summed E-state index contributed by atoms with van der Waals surface area (Å²) in [4.78, 5) is 13.0. The van der Waals surface area contributed by atoms with Gasteiger partial charge in [0, 0.05) is 17.0 Å². The number of halogens is 1. The zero-order chi connectivity index (χ0) is 18.1. The summed E-state index contributed by atoms with van der Waals surface area (Å²) in [5.41, 5.74) is 3.61. The van der Waals surface area contributed by atoms with E-state index in [0.29, 0.717) is 17.0 Å². The van der Waals surface area contributed by atoms with E-state index >= 15 is 0 Å². The van der Waals surface area contributed by atoms with Crippen LogP contribution in [0.5, 0.6) is 0 Å². The molecule has 0 N–H and O–H groups in total. The van der Waals surface area contributed by atoms with Crippen molar-refractivity contribution in [1.82, 2.24) is 5.01 Å². The quantitative estimate of drug-likeness (QED) is 0.638. The average Bonchev–Trinajstić information content (AvgIpc) is 3.32. The van der Waals surface area contributed by atoms with Gasteiger partial charge < -0.3 is 4.42 Å². The van der Waals surface area contributed by atoms with Crippen LogP contribution >= 0.6 is 11.6 Å². The highest BCUT2D eigenvalue weighted by molar-refractivity contribution is 6.30. The van der Waals surface area contributed by atoms with Gasteiger partial charge in [0.1, 0.15) is 11.8 Å². The number of hydrogen-bond acceptors (Lipinski definition) is 3. The van der Waals surface area contributed by atoms with Crippen molar-refractivity contribution in [3.8, 4) is 0 Å². The Labute approximate surface area is 156 Å². The molecule has 0 saturated heterocycles. The highest BCUT2D eigenvalue weighted by atomic mass is 35.5. The fourth-order valence-electron chi connectivity index (χ4n) is 3.05. The van der Waals surface area contributed by atoms with E-state index in [1.165, 1.54) is 10.6 Å². The van der Waals surface area contributed by atoms with E-state index in [9.17, 15) is 4.79 Å². The minimum absolute atomic E-state index is 0.176. The van der Waals surface area contributed by atoms with Gasteiger partial charge in [0.05, 0.1) is 12.0 Å². The molecule has 1 aromatic heterocycles. The molecule has 0 aliphatic carbocycles. The Kier molecular flexibility index (Phi) is 4.35. The maximum Gasteiger partial charge on any atom is 0.274 e. The third kappa shape index (κ3) is 3.16. The minimum atomic E-state index is -0.260. The number of furan rings is 1. The molecule has 0 bridgehead atoms. The molecule has 0 radical (unpaired) electrons. The molecule has 3 aromatic rings. The van der Waals surface area contributed by atoms with Crippen molar-refractivity contribution in [2.24, 2.45) is 5.10 Å². The number of benzene rings is 2. The van der Waals surface area contributed by atoms with Gasteiger partial charge in [-0.2, -0.15) is 5.10 Å².